The summed E-state index contributed by atoms with van der Waals surface area (Å²) in [5.74, 6) is -0.215. The number of rotatable bonds is 11. The van der Waals surface area contributed by atoms with Crippen LogP contribution in [0, 0.1) is 5.92 Å². The number of benzene rings is 2. The molecule has 2 saturated carbocycles. The van der Waals surface area contributed by atoms with Gasteiger partial charge in [0.1, 0.15) is 17.2 Å². The Morgan fingerprint density at radius 1 is 1.03 bits per heavy atom. The molecule has 3 N–H and O–H groups in total. The van der Waals surface area contributed by atoms with E-state index in [-0.39, 0.29) is 17.8 Å². The van der Waals surface area contributed by atoms with Crippen molar-refractivity contribution in [3.05, 3.63) is 65.4 Å². The molecule has 2 amide bonds. The zero-order chi connectivity index (χ0) is 25.8. The van der Waals surface area contributed by atoms with Gasteiger partial charge in [0.05, 0.1) is 12.2 Å². The monoisotopic (exact) mass is 504 g/mol. The maximum absolute atomic E-state index is 12.8. The standard InChI is InChI=1S/C26H27F3N2O5/c27-26(28,29)36-21-7-3-18(4-8-21)15-22(24(33)30-16-25(34)12-13-25)31-23(32)19-5-9-20(10-6-19)35-14-11-17-1-2-17/h3-10,15,17,34H,1-2,11-14,16H2,(H,30,33)(H,31,32). The predicted octanol–water partition coefficient (Wildman–Crippen LogP) is 4.18. The molecule has 2 aliphatic rings. The molecule has 0 aliphatic heterocycles. The first-order valence-corrected chi connectivity index (χ1v) is 11.7. The van der Waals surface area contributed by atoms with Gasteiger partial charge in [-0.05, 0) is 73.2 Å². The lowest BCUT2D eigenvalue weighted by Gasteiger charge is -2.14. The topological polar surface area (TPSA) is 96.9 Å². The first kappa shape index (κ1) is 25.6. The van der Waals surface area contributed by atoms with E-state index >= 15 is 0 Å². The van der Waals surface area contributed by atoms with Gasteiger partial charge in [-0.2, -0.15) is 0 Å². The molecule has 0 saturated heterocycles. The third kappa shape index (κ3) is 8.01. The van der Waals surface area contributed by atoms with Crippen molar-refractivity contribution in [3.8, 4) is 11.5 Å². The summed E-state index contributed by atoms with van der Waals surface area (Å²) >= 11 is 0. The number of aliphatic hydroxyl groups is 1. The molecule has 0 atom stereocenters. The van der Waals surface area contributed by atoms with Crippen LogP contribution >= 0.6 is 0 Å². The fourth-order valence-electron chi connectivity index (χ4n) is 3.40. The molecule has 192 valence electrons. The number of hydrogen-bond acceptors (Lipinski definition) is 5. The fourth-order valence-corrected chi connectivity index (χ4v) is 3.40. The Hall–Kier alpha value is -3.53. The summed E-state index contributed by atoms with van der Waals surface area (Å²) in [5.41, 5.74) is -0.424. The number of alkyl halides is 3. The van der Waals surface area contributed by atoms with E-state index in [0.29, 0.717) is 30.8 Å². The second-order valence-corrected chi connectivity index (χ2v) is 9.14. The van der Waals surface area contributed by atoms with Crippen molar-refractivity contribution in [3.63, 3.8) is 0 Å². The highest BCUT2D eigenvalue weighted by Crippen LogP contribution is 2.34. The molecule has 0 unspecified atom stereocenters. The van der Waals surface area contributed by atoms with E-state index in [0.717, 1.165) is 24.5 Å². The quantitative estimate of drug-likeness (QED) is 0.399. The minimum atomic E-state index is -4.82. The number of halogens is 3. The molecule has 10 heteroatoms. The summed E-state index contributed by atoms with van der Waals surface area (Å²) in [6, 6.07) is 11.4. The number of carbonyl (C=O) groups is 2. The summed E-state index contributed by atoms with van der Waals surface area (Å²) in [7, 11) is 0. The van der Waals surface area contributed by atoms with Crippen molar-refractivity contribution in [2.75, 3.05) is 13.2 Å². The van der Waals surface area contributed by atoms with Crippen LogP contribution in [-0.4, -0.2) is 42.0 Å². The smallest absolute Gasteiger partial charge is 0.494 e. The molecule has 2 fully saturated rings. The van der Waals surface area contributed by atoms with E-state index in [9.17, 15) is 27.9 Å². The molecule has 2 aromatic rings. The van der Waals surface area contributed by atoms with Gasteiger partial charge in [0.25, 0.3) is 11.8 Å². The Morgan fingerprint density at radius 2 is 1.67 bits per heavy atom. The molecule has 0 bridgehead atoms. The van der Waals surface area contributed by atoms with Gasteiger partial charge in [-0.1, -0.05) is 25.0 Å². The van der Waals surface area contributed by atoms with Crippen LogP contribution in [0.5, 0.6) is 11.5 Å². The zero-order valence-electron chi connectivity index (χ0n) is 19.4. The minimum absolute atomic E-state index is 0.0182. The Labute approximate surface area is 206 Å². The molecule has 2 aliphatic carbocycles. The molecule has 0 radical (unpaired) electrons. The van der Waals surface area contributed by atoms with Crippen LogP contribution in [0.4, 0.5) is 13.2 Å². The number of ether oxygens (including phenoxy) is 2. The van der Waals surface area contributed by atoms with Crippen molar-refractivity contribution in [2.24, 2.45) is 5.92 Å². The van der Waals surface area contributed by atoms with E-state index in [1.165, 1.54) is 31.1 Å². The third-order valence-corrected chi connectivity index (χ3v) is 5.93. The minimum Gasteiger partial charge on any atom is -0.494 e. The van der Waals surface area contributed by atoms with Crippen LogP contribution in [0.1, 0.15) is 48.0 Å². The van der Waals surface area contributed by atoms with Crippen LogP contribution in [-0.2, 0) is 4.79 Å². The van der Waals surface area contributed by atoms with Crippen LogP contribution in [0.15, 0.2) is 54.2 Å². The molecule has 0 aromatic heterocycles. The second kappa shape index (κ2) is 10.6. The Morgan fingerprint density at radius 3 is 2.25 bits per heavy atom. The average molecular weight is 505 g/mol. The number of carbonyl (C=O) groups excluding carboxylic acids is 2. The second-order valence-electron chi connectivity index (χ2n) is 9.14. The maximum atomic E-state index is 12.8. The highest BCUT2D eigenvalue weighted by Gasteiger charge is 2.40. The molecular formula is C26H27F3N2O5. The molecular weight excluding hydrogens is 477 g/mol. The van der Waals surface area contributed by atoms with E-state index in [2.05, 4.69) is 15.4 Å². The van der Waals surface area contributed by atoms with E-state index in [1.54, 1.807) is 24.3 Å². The molecule has 2 aromatic carbocycles. The van der Waals surface area contributed by atoms with Crippen LogP contribution < -0.4 is 20.1 Å². The summed E-state index contributed by atoms with van der Waals surface area (Å²) in [6.45, 7) is 0.632. The van der Waals surface area contributed by atoms with Crippen molar-refractivity contribution in [1.29, 1.82) is 0 Å². The molecule has 0 heterocycles. The van der Waals surface area contributed by atoms with Gasteiger partial charge in [-0.15, -0.1) is 13.2 Å². The van der Waals surface area contributed by atoms with Crippen molar-refractivity contribution in [2.45, 2.75) is 44.1 Å². The van der Waals surface area contributed by atoms with Gasteiger partial charge in [0, 0.05) is 12.1 Å². The first-order valence-electron chi connectivity index (χ1n) is 11.7. The van der Waals surface area contributed by atoms with E-state index < -0.39 is 29.5 Å². The highest BCUT2D eigenvalue weighted by molar-refractivity contribution is 6.05. The Balaban J connectivity index is 1.43. The van der Waals surface area contributed by atoms with Gasteiger partial charge in [0.15, 0.2) is 0 Å². The zero-order valence-corrected chi connectivity index (χ0v) is 19.4. The Kier molecular flexibility index (Phi) is 7.53. The third-order valence-electron chi connectivity index (χ3n) is 5.93. The largest absolute Gasteiger partial charge is 0.573 e. The predicted molar refractivity (Wildman–Crippen MR) is 125 cm³/mol. The summed E-state index contributed by atoms with van der Waals surface area (Å²) < 4.78 is 46.8. The van der Waals surface area contributed by atoms with Crippen molar-refractivity contribution >= 4 is 17.9 Å². The van der Waals surface area contributed by atoms with Gasteiger partial charge in [-0.25, -0.2) is 0 Å². The highest BCUT2D eigenvalue weighted by atomic mass is 19.4. The molecule has 4 rings (SSSR count). The SMILES string of the molecule is O=C(NCC1(O)CC1)C(=Cc1ccc(OC(F)(F)F)cc1)NC(=O)c1ccc(OCCC2CC2)cc1. The molecule has 36 heavy (non-hydrogen) atoms. The van der Waals surface area contributed by atoms with Gasteiger partial charge < -0.3 is 25.2 Å². The van der Waals surface area contributed by atoms with Gasteiger partial charge in [-0.3, -0.25) is 9.59 Å². The van der Waals surface area contributed by atoms with Crippen LogP contribution in [0.3, 0.4) is 0 Å². The lowest BCUT2D eigenvalue weighted by Crippen LogP contribution is -2.39. The van der Waals surface area contributed by atoms with E-state index in [1.807, 2.05) is 0 Å². The van der Waals surface area contributed by atoms with Crippen LogP contribution in [0.2, 0.25) is 0 Å². The maximum Gasteiger partial charge on any atom is 0.573 e. The first-order chi connectivity index (χ1) is 17.1. The normalized spacial score (nSPS) is 16.7. The fraction of sp³-hybridized carbons (Fsp3) is 0.385. The molecule has 0 spiro atoms. The van der Waals surface area contributed by atoms with E-state index in [4.69, 9.17) is 4.74 Å². The number of amides is 2. The lowest BCUT2D eigenvalue weighted by molar-refractivity contribution is -0.274. The molecule has 7 nitrogen and oxygen atoms in total. The summed E-state index contributed by atoms with van der Waals surface area (Å²) in [6.07, 6.45) is 1.13. The Bertz CT molecular complexity index is 1110. The van der Waals surface area contributed by atoms with Crippen molar-refractivity contribution < 1.29 is 37.3 Å². The van der Waals surface area contributed by atoms with Crippen molar-refractivity contribution in [1.82, 2.24) is 10.6 Å². The lowest BCUT2D eigenvalue weighted by atomic mass is 10.1. The summed E-state index contributed by atoms with van der Waals surface area (Å²) in [5, 5.41) is 15.2. The van der Waals surface area contributed by atoms with Gasteiger partial charge in [0.2, 0.25) is 0 Å². The number of hydrogen-bond donors (Lipinski definition) is 3. The average Bonchev–Trinajstić information content (AvgIpc) is 3.76. The van der Waals surface area contributed by atoms with Crippen LogP contribution in [0.25, 0.3) is 6.08 Å². The number of nitrogens with one attached hydrogen (secondary N) is 2. The van der Waals surface area contributed by atoms with Gasteiger partial charge >= 0.3 is 6.36 Å². The summed E-state index contributed by atoms with van der Waals surface area (Å²) in [4.78, 5) is 25.6.